The molecule has 1 heterocycles. The molecule has 0 amide bonds. The molecule has 0 aliphatic rings. The maximum Gasteiger partial charge on any atom is 0.260 e. The molecule has 0 saturated carbocycles. The summed E-state index contributed by atoms with van der Waals surface area (Å²) in [5.41, 5.74) is 5.75. The minimum Gasteiger partial charge on any atom is -0.396 e. The third kappa shape index (κ3) is 3.94. The lowest BCUT2D eigenvalue weighted by Crippen LogP contribution is -2.36. The Morgan fingerprint density at radius 3 is 2.72 bits per heavy atom. The minimum absolute atomic E-state index is 0.114. The monoisotopic (exact) mass is 272 g/mol. The van der Waals surface area contributed by atoms with Gasteiger partial charge in [-0.05, 0) is 33.0 Å². The number of nitrogens with two attached hydrogens (primary N) is 1. The highest BCUT2D eigenvalue weighted by Gasteiger charge is 2.18. The van der Waals surface area contributed by atoms with Gasteiger partial charge in [-0.3, -0.25) is 0 Å². The highest BCUT2D eigenvalue weighted by atomic mass is 32.2. The molecular formula is C11H20N4O2S. The Morgan fingerprint density at radius 2 is 2.17 bits per heavy atom. The van der Waals surface area contributed by atoms with E-state index in [4.69, 9.17) is 5.73 Å². The fourth-order valence-electron chi connectivity index (χ4n) is 1.31. The number of hydrogen-bond donors (Lipinski definition) is 2. The Morgan fingerprint density at radius 1 is 1.50 bits per heavy atom. The summed E-state index contributed by atoms with van der Waals surface area (Å²) in [5.74, 6) is 0. The average molecular weight is 272 g/mol. The fraction of sp³-hybridized carbons (Fsp3) is 0.545. The van der Waals surface area contributed by atoms with Gasteiger partial charge in [-0.2, -0.15) is 0 Å². The molecule has 0 atom stereocenters. The van der Waals surface area contributed by atoms with E-state index in [0.717, 1.165) is 0 Å². The minimum atomic E-state index is -3.63. The first-order chi connectivity index (χ1) is 8.34. The Hall–Kier alpha value is -1.18. The number of nitrogen functional groups attached to an aromatic ring is 1. The number of nitrogens with zero attached hydrogens (tertiary/aromatic N) is 2. The normalized spacial score (nSPS) is 12.3. The molecule has 0 aromatic carbocycles. The van der Waals surface area contributed by atoms with Gasteiger partial charge in [-0.15, -0.1) is 0 Å². The highest BCUT2D eigenvalue weighted by molar-refractivity contribution is 7.89. The largest absolute Gasteiger partial charge is 0.396 e. The van der Waals surface area contributed by atoms with Crippen molar-refractivity contribution in [3.05, 3.63) is 18.3 Å². The number of rotatable bonds is 6. The van der Waals surface area contributed by atoms with Crippen LogP contribution in [0.4, 0.5) is 5.69 Å². The van der Waals surface area contributed by atoms with Gasteiger partial charge in [0.1, 0.15) is 0 Å². The molecule has 3 N–H and O–H groups in total. The summed E-state index contributed by atoms with van der Waals surface area (Å²) in [7, 11) is -1.69. The molecule has 0 unspecified atom stereocenters. The van der Waals surface area contributed by atoms with Gasteiger partial charge in [0.15, 0.2) is 5.03 Å². The van der Waals surface area contributed by atoms with Crippen LogP contribution in [0, 0.1) is 0 Å². The summed E-state index contributed by atoms with van der Waals surface area (Å²) in [6, 6.07) is 3.48. The van der Waals surface area contributed by atoms with Crippen molar-refractivity contribution in [3.8, 4) is 0 Å². The number of hydrogen-bond acceptors (Lipinski definition) is 5. The summed E-state index contributed by atoms with van der Waals surface area (Å²) < 4.78 is 26.4. The summed E-state index contributed by atoms with van der Waals surface area (Å²) in [6.45, 7) is 5.05. The van der Waals surface area contributed by atoms with Gasteiger partial charge in [0, 0.05) is 25.3 Å². The zero-order valence-electron chi connectivity index (χ0n) is 10.9. The molecule has 0 bridgehead atoms. The molecule has 1 rings (SSSR count). The Bertz CT molecular complexity index is 488. The number of nitrogens with one attached hydrogen (secondary N) is 1. The predicted molar refractivity (Wildman–Crippen MR) is 71.6 cm³/mol. The quantitative estimate of drug-likeness (QED) is 0.776. The van der Waals surface area contributed by atoms with Crippen LogP contribution < -0.4 is 10.5 Å². The Labute approximate surface area is 108 Å². The van der Waals surface area contributed by atoms with E-state index in [1.54, 1.807) is 6.07 Å². The van der Waals surface area contributed by atoms with Crippen molar-refractivity contribution < 1.29 is 8.42 Å². The maximum absolute atomic E-state index is 11.9. The van der Waals surface area contributed by atoms with E-state index >= 15 is 0 Å². The van der Waals surface area contributed by atoms with Gasteiger partial charge in [0.2, 0.25) is 0 Å². The summed E-state index contributed by atoms with van der Waals surface area (Å²) >= 11 is 0. The van der Waals surface area contributed by atoms with Crippen LogP contribution in [0.25, 0.3) is 0 Å². The Kier molecular flexibility index (Phi) is 5.06. The molecule has 0 radical (unpaired) electrons. The number of sulfonamides is 1. The van der Waals surface area contributed by atoms with Crippen LogP contribution in [0.3, 0.4) is 0 Å². The first-order valence-electron chi connectivity index (χ1n) is 5.75. The van der Waals surface area contributed by atoms with Crippen LogP contribution in [0.15, 0.2) is 23.4 Å². The van der Waals surface area contributed by atoms with Crippen LogP contribution in [-0.2, 0) is 10.0 Å². The second-order valence-electron chi connectivity index (χ2n) is 4.37. The molecule has 0 saturated heterocycles. The van der Waals surface area contributed by atoms with Crippen molar-refractivity contribution in [2.24, 2.45) is 0 Å². The summed E-state index contributed by atoms with van der Waals surface area (Å²) in [6.07, 6.45) is 1.41. The predicted octanol–water partition coefficient (Wildman–Crippen LogP) is 0.282. The van der Waals surface area contributed by atoms with Gasteiger partial charge in [0.05, 0.1) is 5.69 Å². The Balaban J connectivity index is 2.64. The number of likely N-dealkylation sites (N-methyl/N-ethyl adjacent to an activating group) is 1. The second-order valence-corrected chi connectivity index (χ2v) is 6.05. The topological polar surface area (TPSA) is 88.3 Å². The molecule has 0 fully saturated rings. The van der Waals surface area contributed by atoms with Gasteiger partial charge in [-0.1, -0.05) is 0 Å². The van der Waals surface area contributed by atoms with Crippen molar-refractivity contribution in [1.29, 1.82) is 0 Å². The van der Waals surface area contributed by atoms with Crippen LogP contribution in [0.2, 0.25) is 0 Å². The molecule has 6 nitrogen and oxygen atoms in total. The van der Waals surface area contributed by atoms with Gasteiger partial charge < -0.3 is 10.6 Å². The smallest absolute Gasteiger partial charge is 0.260 e. The van der Waals surface area contributed by atoms with E-state index in [-0.39, 0.29) is 10.7 Å². The first kappa shape index (κ1) is 14.9. The third-order valence-corrected chi connectivity index (χ3v) is 4.13. The van der Waals surface area contributed by atoms with Gasteiger partial charge in [-0.25, -0.2) is 18.1 Å². The maximum atomic E-state index is 11.9. The van der Waals surface area contributed by atoms with Crippen molar-refractivity contribution in [2.75, 3.05) is 25.9 Å². The summed E-state index contributed by atoms with van der Waals surface area (Å²) in [5, 5.41) is -0.114. The standard InChI is InChI=1S/C11H20N4O2S/c1-9(2)15(3)8-7-14-18(16,17)11-10(12)5-4-6-13-11/h4-6,9,14H,7-8,12H2,1-3H3. The van der Waals surface area contributed by atoms with Crippen molar-refractivity contribution >= 4 is 15.7 Å². The molecule has 7 heteroatoms. The molecule has 1 aromatic rings. The van der Waals surface area contributed by atoms with Gasteiger partial charge >= 0.3 is 0 Å². The first-order valence-corrected chi connectivity index (χ1v) is 7.23. The number of pyridine rings is 1. The van der Waals surface area contributed by atoms with E-state index in [2.05, 4.69) is 9.71 Å². The molecule has 18 heavy (non-hydrogen) atoms. The average Bonchev–Trinajstić information content (AvgIpc) is 2.28. The molecule has 102 valence electrons. The fourth-order valence-corrected chi connectivity index (χ4v) is 2.39. The number of anilines is 1. The van der Waals surface area contributed by atoms with Crippen LogP contribution in [0.5, 0.6) is 0 Å². The highest BCUT2D eigenvalue weighted by Crippen LogP contribution is 2.13. The van der Waals surface area contributed by atoms with E-state index in [1.807, 2.05) is 25.8 Å². The lowest BCUT2D eigenvalue weighted by Gasteiger charge is -2.20. The van der Waals surface area contributed by atoms with Crippen LogP contribution >= 0.6 is 0 Å². The molecule has 0 aliphatic carbocycles. The van der Waals surface area contributed by atoms with Gasteiger partial charge in [0.25, 0.3) is 10.0 Å². The lowest BCUT2D eigenvalue weighted by molar-refractivity contribution is 0.278. The summed E-state index contributed by atoms with van der Waals surface area (Å²) in [4.78, 5) is 5.84. The zero-order valence-corrected chi connectivity index (χ0v) is 11.7. The van der Waals surface area contributed by atoms with Crippen molar-refractivity contribution in [2.45, 2.75) is 24.9 Å². The van der Waals surface area contributed by atoms with E-state index < -0.39 is 10.0 Å². The second kappa shape index (κ2) is 6.12. The van der Waals surface area contributed by atoms with Crippen LogP contribution in [0.1, 0.15) is 13.8 Å². The zero-order chi connectivity index (χ0) is 13.8. The van der Waals surface area contributed by atoms with Crippen LogP contribution in [-0.4, -0.2) is 44.5 Å². The van der Waals surface area contributed by atoms with E-state index in [9.17, 15) is 8.42 Å². The molecule has 0 aliphatic heterocycles. The third-order valence-electron chi connectivity index (χ3n) is 2.69. The molecular weight excluding hydrogens is 252 g/mol. The number of aromatic nitrogens is 1. The molecule has 1 aromatic heterocycles. The SMILES string of the molecule is CC(C)N(C)CCNS(=O)(=O)c1ncccc1N. The van der Waals surface area contributed by atoms with Crippen molar-refractivity contribution in [3.63, 3.8) is 0 Å². The molecule has 0 spiro atoms. The lowest BCUT2D eigenvalue weighted by atomic mass is 10.3. The van der Waals surface area contributed by atoms with Crippen molar-refractivity contribution in [1.82, 2.24) is 14.6 Å². The van der Waals surface area contributed by atoms with E-state index in [1.165, 1.54) is 12.3 Å². The van der Waals surface area contributed by atoms with E-state index in [0.29, 0.717) is 19.1 Å².